The first-order valence-electron chi connectivity index (χ1n) is 7.36. The van der Waals surface area contributed by atoms with Crippen LogP contribution in [0, 0.1) is 13.8 Å². The Morgan fingerprint density at radius 1 is 1.25 bits per heavy atom. The van der Waals surface area contributed by atoms with E-state index in [9.17, 15) is 4.79 Å². The first kappa shape index (κ1) is 16.7. The normalized spacial score (nSPS) is 12.3. The number of aromatic nitrogens is 4. The lowest BCUT2D eigenvalue weighted by molar-refractivity contribution is -0.115. The van der Waals surface area contributed by atoms with Gasteiger partial charge in [0.25, 0.3) is 5.78 Å². The van der Waals surface area contributed by atoms with Gasteiger partial charge in [0, 0.05) is 22.1 Å². The molecule has 2 aromatic heterocycles. The van der Waals surface area contributed by atoms with Crippen molar-refractivity contribution in [3.8, 4) is 0 Å². The highest BCUT2D eigenvalue weighted by Crippen LogP contribution is 2.22. The molecule has 1 aromatic carbocycles. The Balaban J connectivity index is 1.72. The van der Waals surface area contributed by atoms with Crippen LogP contribution in [-0.4, -0.2) is 30.7 Å². The van der Waals surface area contributed by atoms with Crippen LogP contribution in [0.5, 0.6) is 0 Å². The number of anilines is 1. The summed E-state index contributed by atoms with van der Waals surface area (Å²) in [6, 6.07) is 8.92. The third-order valence-corrected chi connectivity index (χ3v) is 4.57. The molecule has 1 atom stereocenters. The third-order valence-electron chi connectivity index (χ3n) is 3.36. The molecule has 0 aliphatic heterocycles. The van der Waals surface area contributed by atoms with E-state index in [4.69, 9.17) is 11.6 Å². The third kappa shape index (κ3) is 3.68. The highest BCUT2D eigenvalue weighted by molar-refractivity contribution is 8.00. The summed E-state index contributed by atoms with van der Waals surface area (Å²) in [5, 5.41) is 8.05. The van der Waals surface area contributed by atoms with Crippen LogP contribution >= 0.6 is 23.4 Å². The summed E-state index contributed by atoms with van der Waals surface area (Å²) in [5.41, 5.74) is 2.54. The Hall–Kier alpha value is -2.12. The SMILES string of the molecule is Cc1cc(C)n2nc(SC(C)C(=O)Nc3ccc(Cl)cc3)nc2n1. The summed E-state index contributed by atoms with van der Waals surface area (Å²) >= 11 is 7.13. The standard InChI is InChI=1S/C16H16ClN5OS/c1-9-8-10(2)22-15(18-9)20-16(21-22)24-11(3)14(23)19-13-6-4-12(17)5-7-13/h4-8,11H,1-3H3,(H,19,23). The van der Waals surface area contributed by atoms with Gasteiger partial charge in [-0.05, 0) is 51.1 Å². The molecule has 0 spiro atoms. The molecule has 0 aliphatic carbocycles. The number of carbonyl (C=O) groups excluding carboxylic acids is 1. The Morgan fingerprint density at radius 2 is 1.96 bits per heavy atom. The molecule has 1 unspecified atom stereocenters. The van der Waals surface area contributed by atoms with Gasteiger partial charge in [-0.1, -0.05) is 23.4 Å². The number of benzene rings is 1. The predicted molar refractivity (Wildman–Crippen MR) is 95.7 cm³/mol. The van der Waals surface area contributed by atoms with E-state index in [1.807, 2.05) is 26.8 Å². The molecule has 3 rings (SSSR count). The predicted octanol–water partition coefficient (Wildman–Crippen LogP) is 3.51. The summed E-state index contributed by atoms with van der Waals surface area (Å²) < 4.78 is 1.68. The van der Waals surface area contributed by atoms with Crippen LogP contribution in [0.15, 0.2) is 35.5 Å². The summed E-state index contributed by atoms with van der Waals surface area (Å²) in [7, 11) is 0. The summed E-state index contributed by atoms with van der Waals surface area (Å²) in [6.45, 7) is 5.67. The van der Waals surface area contributed by atoms with Crippen LogP contribution < -0.4 is 5.32 Å². The van der Waals surface area contributed by atoms with Gasteiger partial charge in [0.15, 0.2) is 0 Å². The molecule has 24 heavy (non-hydrogen) atoms. The molecule has 0 aliphatic rings. The van der Waals surface area contributed by atoms with Crippen LogP contribution in [0.1, 0.15) is 18.3 Å². The summed E-state index contributed by atoms with van der Waals surface area (Å²) in [4.78, 5) is 21.0. The lowest BCUT2D eigenvalue weighted by Gasteiger charge is -2.10. The zero-order valence-electron chi connectivity index (χ0n) is 13.4. The molecule has 124 valence electrons. The minimum atomic E-state index is -0.348. The number of fused-ring (bicyclic) bond motifs is 1. The molecule has 2 heterocycles. The Bertz CT molecular complexity index is 893. The Morgan fingerprint density at radius 3 is 2.67 bits per heavy atom. The number of halogens is 1. The fraction of sp³-hybridized carbons (Fsp3) is 0.250. The number of nitrogens with zero attached hydrogens (tertiary/aromatic N) is 4. The largest absolute Gasteiger partial charge is 0.325 e. The van der Waals surface area contributed by atoms with Crippen molar-refractivity contribution in [2.75, 3.05) is 5.32 Å². The van der Waals surface area contributed by atoms with Crippen molar-refractivity contribution in [3.63, 3.8) is 0 Å². The lowest BCUT2D eigenvalue weighted by Crippen LogP contribution is -2.22. The van der Waals surface area contributed by atoms with Crippen molar-refractivity contribution in [1.29, 1.82) is 0 Å². The van der Waals surface area contributed by atoms with E-state index < -0.39 is 0 Å². The minimum absolute atomic E-state index is 0.123. The van der Waals surface area contributed by atoms with E-state index in [1.54, 1.807) is 28.8 Å². The van der Waals surface area contributed by atoms with E-state index >= 15 is 0 Å². The van der Waals surface area contributed by atoms with Crippen LogP contribution in [-0.2, 0) is 4.79 Å². The minimum Gasteiger partial charge on any atom is -0.325 e. The molecule has 0 saturated heterocycles. The lowest BCUT2D eigenvalue weighted by atomic mass is 10.3. The van der Waals surface area contributed by atoms with Crippen molar-refractivity contribution in [2.24, 2.45) is 0 Å². The average molecular weight is 362 g/mol. The van der Waals surface area contributed by atoms with Crippen molar-refractivity contribution < 1.29 is 4.79 Å². The molecule has 0 bridgehead atoms. The molecule has 3 aromatic rings. The Labute approximate surface area is 148 Å². The quantitative estimate of drug-likeness (QED) is 0.720. The second-order valence-electron chi connectivity index (χ2n) is 5.40. The van der Waals surface area contributed by atoms with Gasteiger partial charge in [0.2, 0.25) is 11.1 Å². The van der Waals surface area contributed by atoms with Crippen molar-refractivity contribution in [1.82, 2.24) is 19.6 Å². The molecule has 0 saturated carbocycles. The van der Waals surface area contributed by atoms with Gasteiger partial charge in [-0.2, -0.15) is 4.98 Å². The number of nitrogens with one attached hydrogen (secondary N) is 1. The highest BCUT2D eigenvalue weighted by atomic mass is 35.5. The van der Waals surface area contributed by atoms with Crippen LogP contribution in [0.3, 0.4) is 0 Å². The molecule has 1 N–H and O–H groups in total. The maximum absolute atomic E-state index is 12.3. The van der Waals surface area contributed by atoms with Gasteiger partial charge in [0.1, 0.15) is 0 Å². The molecule has 6 nitrogen and oxygen atoms in total. The monoisotopic (exact) mass is 361 g/mol. The molecule has 0 fully saturated rings. The number of hydrogen-bond acceptors (Lipinski definition) is 5. The Kier molecular flexibility index (Phi) is 4.73. The van der Waals surface area contributed by atoms with E-state index in [1.165, 1.54) is 11.8 Å². The van der Waals surface area contributed by atoms with E-state index in [2.05, 4.69) is 20.4 Å². The first-order valence-corrected chi connectivity index (χ1v) is 8.62. The van der Waals surface area contributed by atoms with E-state index in [-0.39, 0.29) is 11.2 Å². The van der Waals surface area contributed by atoms with Crippen molar-refractivity contribution >= 4 is 40.7 Å². The highest BCUT2D eigenvalue weighted by Gasteiger charge is 2.18. The first-order chi connectivity index (χ1) is 11.4. The van der Waals surface area contributed by atoms with Crippen molar-refractivity contribution in [2.45, 2.75) is 31.2 Å². The number of thioether (sulfide) groups is 1. The molecular weight excluding hydrogens is 346 g/mol. The maximum atomic E-state index is 12.3. The van der Waals surface area contributed by atoms with Gasteiger partial charge >= 0.3 is 0 Å². The number of amides is 1. The number of rotatable bonds is 4. The topological polar surface area (TPSA) is 72.2 Å². The smallest absolute Gasteiger partial charge is 0.253 e. The fourth-order valence-corrected chi connectivity index (χ4v) is 3.06. The van der Waals surface area contributed by atoms with Gasteiger partial charge in [-0.3, -0.25) is 4.79 Å². The zero-order valence-corrected chi connectivity index (χ0v) is 15.0. The van der Waals surface area contributed by atoms with E-state index in [0.717, 1.165) is 11.4 Å². The second-order valence-corrected chi connectivity index (χ2v) is 7.15. The summed E-state index contributed by atoms with van der Waals surface area (Å²) in [5.74, 6) is 0.419. The zero-order chi connectivity index (χ0) is 17.3. The van der Waals surface area contributed by atoms with Gasteiger partial charge < -0.3 is 5.32 Å². The summed E-state index contributed by atoms with van der Waals surface area (Å²) in [6.07, 6.45) is 0. The number of aryl methyl sites for hydroxylation is 2. The van der Waals surface area contributed by atoms with Crippen LogP contribution in [0.4, 0.5) is 5.69 Å². The molecule has 8 heteroatoms. The fourth-order valence-electron chi connectivity index (χ4n) is 2.19. The van der Waals surface area contributed by atoms with Gasteiger partial charge in [-0.25, -0.2) is 9.50 Å². The molecular formula is C16H16ClN5OS. The second kappa shape index (κ2) is 6.78. The average Bonchev–Trinajstić information content (AvgIpc) is 2.92. The van der Waals surface area contributed by atoms with Crippen LogP contribution in [0.2, 0.25) is 5.02 Å². The van der Waals surface area contributed by atoms with Gasteiger partial charge in [-0.15, -0.1) is 5.10 Å². The number of hydrogen-bond donors (Lipinski definition) is 1. The maximum Gasteiger partial charge on any atom is 0.253 e. The molecule has 1 amide bonds. The van der Waals surface area contributed by atoms with E-state index in [0.29, 0.717) is 21.6 Å². The number of carbonyl (C=O) groups is 1. The van der Waals surface area contributed by atoms with Crippen molar-refractivity contribution in [3.05, 3.63) is 46.7 Å². The molecule has 0 radical (unpaired) electrons. The van der Waals surface area contributed by atoms with Gasteiger partial charge in [0.05, 0.1) is 5.25 Å². The van der Waals surface area contributed by atoms with Crippen LogP contribution in [0.25, 0.3) is 5.78 Å².